The molecule has 1 aliphatic rings. The van der Waals surface area contributed by atoms with Gasteiger partial charge in [-0.15, -0.1) is 0 Å². The van der Waals surface area contributed by atoms with Crippen LogP contribution in [-0.2, 0) is 0 Å². The van der Waals surface area contributed by atoms with Crippen molar-refractivity contribution in [1.82, 2.24) is 10.2 Å². The first kappa shape index (κ1) is 19.6. The summed E-state index contributed by atoms with van der Waals surface area (Å²) >= 11 is 5.91. The molecule has 0 aromatic heterocycles. The highest BCUT2D eigenvalue weighted by atomic mass is 35.5. The van der Waals surface area contributed by atoms with Crippen molar-refractivity contribution in [2.24, 2.45) is 5.92 Å². The van der Waals surface area contributed by atoms with Crippen molar-refractivity contribution in [2.75, 3.05) is 26.7 Å². The van der Waals surface area contributed by atoms with Crippen LogP contribution >= 0.6 is 11.6 Å². The molecule has 1 aliphatic heterocycles. The van der Waals surface area contributed by atoms with Crippen molar-refractivity contribution >= 4 is 23.3 Å². The number of likely N-dealkylation sites (tertiary alicyclic amines) is 1. The summed E-state index contributed by atoms with van der Waals surface area (Å²) in [5.74, 6) is 0.451. The molecule has 3 rings (SSSR count). The second-order valence-electron chi connectivity index (χ2n) is 7.01. The number of amides is 1. The van der Waals surface area contributed by atoms with E-state index in [1.54, 1.807) is 42.5 Å². The lowest BCUT2D eigenvalue weighted by Crippen LogP contribution is -2.39. The van der Waals surface area contributed by atoms with Crippen LogP contribution in [0.2, 0.25) is 5.02 Å². The Morgan fingerprint density at radius 1 is 1.04 bits per heavy atom. The van der Waals surface area contributed by atoms with E-state index < -0.39 is 0 Å². The minimum Gasteiger partial charge on any atom is -0.339 e. The van der Waals surface area contributed by atoms with E-state index in [2.05, 4.69) is 5.32 Å². The van der Waals surface area contributed by atoms with Gasteiger partial charge in [0.2, 0.25) is 0 Å². The van der Waals surface area contributed by atoms with Gasteiger partial charge in [0.1, 0.15) is 0 Å². The number of ketones is 1. The van der Waals surface area contributed by atoms with Crippen molar-refractivity contribution in [1.29, 1.82) is 0 Å². The molecular formula is C22H25ClN2O2. The number of carbonyl (C=O) groups excluding carboxylic acids is 2. The van der Waals surface area contributed by atoms with Gasteiger partial charge in [0.05, 0.1) is 5.56 Å². The zero-order valence-corrected chi connectivity index (χ0v) is 16.3. The molecule has 1 fully saturated rings. The second-order valence-corrected chi connectivity index (χ2v) is 7.45. The van der Waals surface area contributed by atoms with Crippen LogP contribution in [0.25, 0.3) is 0 Å². The highest BCUT2D eigenvalue weighted by Gasteiger charge is 2.26. The molecule has 1 heterocycles. The highest BCUT2D eigenvalue weighted by molar-refractivity contribution is 6.30. The van der Waals surface area contributed by atoms with Crippen LogP contribution in [-0.4, -0.2) is 43.3 Å². The van der Waals surface area contributed by atoms with Crippen LogP contribution < -0.4 is 5.32 Å². The van der Waals surface area contributed by atoms with Crippen molar-refractivity contribution < 1.29 is 9.59 Å². The maximum atomic E-state index is 13.1. The average molecular weight is 385 g/mol. The number of rotatable bonds is 6. The summed E-state index contributed by atoms with van der Waals surface area (Å²) in [6.45, 7) is 2.50. The van der Waals surface area contributed by atoms with E-state index >= 15 is 0 Å². The first-order valence-electron chi connectivity index (χ1n) is 9.43. The molecular weight excluding hydrogens is 360 g/mol. The van der Waals surface area contributed by atoms with E-state index in [-0.39, 0.29) is 11.7 Å². The van der Waals surface area contributed by atoms with Crippen LogP contribution in [0.15, 0.2) is 48.5 Å². The quantitative estimate of drug-likeness (QED) is 0.765. The summed E-state index contributed by atoms with van der Waals surface area (Å²) in [4.78, 5) is 27.9. The maximum absolute atomic E-state index is 13.1. The number of nitrogens with one attached hydrogen (secondary N) is 1. The lowest BCUT2D eigenvalue weighted by Gasteiger charge is -2.32. The molecule has 0 radical (unpaired) electrons. The standard InChI is InChI=1S/C22H25ClN2O2/c1-24-13-10-16-11-14-25(15-12-16)22(27)20-5-3-2-4-19(20)21(26)17-6-8-18(23)9-7-17/h2-9,16,24H,10-15H2,1H3. The number of benzene rings is 2. The third kappa shape index (κ3) is 4.76. The number of carbonyl (C=O) groups is 2. The maximum Gasteiger partial charge on any atom is 0.254 e. The van der Waals surface area contributed by atoms with Gasteiger partial charge in [-0.05, 0) is 69.1 Å². The molecule has 4 nitrogen and oxygen atoms in total. The minimum absolute atomic E-state index is 0.0556. The fraction of sp³-hybridized carbons (Fsp3) is 0.364. The second kappa shape index (κ2) is 9.16. The molecule has 2 aromatic carbocycles. The number of nitrogens with zero attached hydrogens (tertiary/aromatic N) is 1. The molecule has 0 atom stereocenters. The first-order valence-corrected chi connectivity index (χ1v) is 9.81. The molecule has 5 heteroatoms. The molecule has 0 unspecified atom stereocenters. The van der Waals surface area contributed by atoms with Gasteiger partial charge in [0.25, 0.3) is 5.91 Å². The molecule has 0 aliphatic carbocycles. The molecule has 1 saturated heterocycles. The largest absolute Gasteiger partial charge is 0.339 e. The van der Waals surface area contributed by atoms with Gasteiger partial charge in [-0.1, -0.05) is 29.8 Å². The fourth-order valence-electron chi connectivity index (χ4n) is 3.57. The smallest absolute Gasteiger partial charge is 0.254 e. The number of halogens is 1. The van der Waals surface area contributed by atoms with Gasteiger partial charge in [-0.25, -0.2) is 0 Å². The topological polar surface area (TPSA) is 49.4 Å². The molecule has 1 N–H and O–H groups in total. The van der Waals surface area contributed by atoms with Gasteiger partial charge in [0.15, 0.2) is 5.78 Å². The lowest BCUT2D eigenvalue weighted by molar-refractivity contribution is 0.0683. The average Bonchev–Trinajstić information content (AvgIpc) is 2.72. The van der Waals surface area contributed by atoms with Crippen molar-refractivity contribution in [3.05, 3.63) is 70.2 Å². The molecule has 1 amide bonds. The Morgan fingerprint density at radius 2 is 1.67 bits per heavy atom. The van der Waals surface area contributed by atoms with E-state index in [0.29, 0.717) is 27.6 Å². The summed E-state index contributed by atoms with van der Waals surface area (Å²) in [5, 5.41) is 3.77. The Balaban J connectivity index is 1.75. The Morgan fingerprint density at radius 3 is 2.30 bits per heavy atom. The zero-order chi connectivity index (χ0) is 19.2. The van der Waals surface area contributed by atoms with Gasteiger partial charge in [-0.3, -0.25) is 9.59 Å². The SMILES string of the molecule is CNCCC1CCN(C(=O)c2ccccc2C(=O)c2ccc(Cl)cc2)CC1. The molecule has 0 bridgehead atoms. The number of hydrogen-bond donors (Lipinski definition) is 1. The van der Waals surface area contributed by atoms with E-state index in [1.165, 1.54) is 0 Å². The van der Waals surface area contributed by atoms with E-state index in [9.17, 15) is 9.59 Å². The van der Waals surface area contributed by atoms with Gasteiger partial charge in [-0.2, -0.15) is 0 Å². The first-order chi connectivity index (χ1) is 13.1. The summed E-state index contributed by atoms with van der Waals surface area (Å²) in [5.41, 5.74) is 1.46. The van der Waals surface area contributed by atoms with E-state index in [0.717, 1.165) is 38.9 Å². The third-order valence-corrected chi connectivity index (χ3v) is 5.46. The van der Waals surface area contributed by atoms with Crippen LogP contribution in [0.5, 0.6) is 0 Å². The Bertz CT molecular complexity index is 796. The molecule has 0 saturated carbocycles. The number of hydrogen-bond acceptors (Lipinski definition) is 3. The molecule has 2 aromatic rings. The highest BCUT2D eigenvalue weighted by Crippen LogP contribution is 2.23. The Hall–Kier alpha value is -2.17. The van der Waals surface area contributed by atoms with Gasteiger partial charge in [0, 0.05) is 29.2 Å². The summed E-state index contributed by atoms with van der Waals surface area (Å²) in [7, 11) is 1.97. The predicted molar refractivity (Wildman–Crippen MR) is 108 cm³/mol. The van der Waals surface area contributed by atoms with Gasteiger partial charge >= 0.3 is 0 Å². The minimum atomic E-state index is -0.153. The predicted octanol–water partition coefficient (Wildman–Crippen LogP) is 4.03. The summed E-state index contributed by atoms with van der Waals surface area (Å²) in [6.07, 6.45) is 3.17. The molecule has 142 valence electrons. The fourth-order valence-corrected chi connectivity index (χ4v) is 3.69. The van der Waals surface area contributed by atoms with Gasteiger partial charge < -0.3 is 10.2 Å². The van der Waals surface area contributed by atoms with Crippen LogP contribution in [0.4, 0.5) is 0 Å². The number of piperidine rings is 1. The van der Waals surface area contributed by atoms with Crippen LogP contribution in [0.1, 0.15) is 45.5 Å². The van der Waals surface area contributed by atoms with Crippen molar-refractivity contribution in [3.63, 3.8) is 0 Å². The summed E-state index contributed by atoms with van der Waals surface area (Å²) < 4.78 is 0. The Labute approximate surface area is 165 Å². The normalized spacial score (nSPS) is 15.0. The lowest BCUT2D eigenvalue weighted by atomic mass is 9.92. The zero-order valence-electron chi connectivity index (χ0n) is 15.6. The molecule has 27 heavy (non-hydrogen) atoms. The Kier molecular flexibility index (Phi) is 6.64. The van der Waals surface area contributed by atoms with Crippen molar-refractivity contribution in [3.8, 4) is 0 Å². The third-order valence-electron chi connectivity index (χ3n) is 5.21. The van der Waals surface area contributed by atoms with E-state index in [4.69, 9.17) is 11.6 Å². The van der Waals surface area contributed by atoms with Crippen molar-refractivity contribution in [2.45, 2.75) is 19.3 Å². The van der Waals surface area contributed by atoms with E-state index in [1.807, 2.05) is 18.0 Å². The molecule has 0 spiro atoms. The van der Waals surface area contributed by atoms with Crippen LogP contribution in [0, 0.1) is 5.92 Å². The summed E-state index contributed by atoms with van der Waals surface area (Å²) in [6, 6.07) is 13.8. The monoisotopic (exact) mass is 384 g/mol. The van der Waals surface area contributed by atoms with Crippen LogP contribution in [0.3, 0.4) is 0 Å².